The molecule has 0 aromatic rings. The Kier molecular flexibility index (Phi) is 1.88. The Morgan fingerprint density at radius 1 is 1.70 bits per heavy atom. The van der Waals surface area contributed by atoms with Crippen LogP contribution in [0.3, 0.4) is 0 Å². The van der Waals surface area contributed by atoms with Crippen molar-refractivity contribution in [2.24, 2.45) is 0 Å². The van der Waals surface area contributed by atoms with Crippen molar-refractivity contribution >= 4 is 17.0 Å². The zero-order valence-corrected chi connectivity index (χ0v) is 6.81. The molecule has 1 heterocycles. The van der Waals surface area contributed by atoms with Crippen LogP contribution in [0, 0.1) is 0 Å². The van der Waals surface area contributed by atoms with Gasteiger partial charge in [-0.1, -0.05) is 0 Å². The van der Waals surface area contributed by atoms with Crippen molar-refractivity contribution in [3.8, 4) is 0 Å². The van der Waals surface area contributed by atoms with Crippen LogP contribution in [0.15, 0.2) is 0 Å². The molecule has 0 bridgehead atoms. The SMILES string of the molecule is COC1(C)CN(C(=O)Cl)C1. The summed E-state index contributed by atoms with van der Waals surface area (Å²) in [4.78, 5) is 12.0. The van der Waals surface area contributed by atoms with Gasteiger partial charge in [-0.2, -0.15) is 0 Å². The first-order valence-electron chi connectivity index (χ1n) is 3.07. The van der Waals surface area contributed by atoms with Crippen molar-refractivity contribution in [2.75, 3.05) is 20.2 Å². The molecule has 0 aromatic carbocycles. The third-order valence-electron chi connectivity index (χ3n) is 1.79. The molecule has 0 spiro atoms. The van der Waals surface area contributed by atoms with Gasteiger partial charge in [-0.15, -0.1) is 0 Å². The number of ether oxygens (including phenoxy) is 1. The molecule has 0 radical (unpaired) electrons. The lowest BCUT2D eigenvalue weighted by Gasteiger charge is -2.45. The number of halogens is 1. The van der Waals surface area contributed by atoms with Gasteiger partial charge in [-0.25, -0.2) is 0 Å². The van der Waals surface area contributed by atoms with Crippen molar-refractivity contribution in [2.45, 2.75) is 12.5 Å². The Labute approximate surface area is 64.9 Å². The zero-order chi connectivity index (χ0) is 7.78. The van der Waals surface area contributed by atoms with E-state index in [2.05, 4.69) is 0 Å². The van der Waals surface area contributed by atoms with E-state index in [1.165, 1.54) is 4.90 Å². The summed E-state index contributed by atoms with van der Waals surface area (Å²) in [5.41, 5.74) is -0.162. The van der Waals surface area contributed by atoms with Gasteiger partial charge in [-0.3, -0.25) is 4.79 Å². The van der Waals surface area contributed by atoms with E-state index in [0.717, 1.165) is 0 Å². The maximum atomic E-state index is 10.5. The quantitative estimate of drug-likeness (QED) is 0.428. The second kappa shape index (κ2) is 2.40. The van der Waals surface area contributed by atoms with Crippen molar-refractivity contribution in [1.29, 1.82) is 0 Å². The number of carbonyl (C=O) groups is 1. The molecule has 1 rings (SSSR count). The van der Waals surface area contributed by atoms with Crippen LogP contribution >= 0.6 is 11.6 Å². The Bertz CT molecular complexity index is 154. The number of amides is 1. The van der Waals surface area contributed by atoms with E-state index in [1.54, 1.807) is 7.11 Å². The predicted octanol–water partition coefficient (Wildman–Crippen LogP) is 1.07. The summed E-state index contributed by atoms with van der Waals surface area (Å²) in [5.74, 6) is 0. The van der Waals surface area contributed by atoms with Gasteiger partial charge >= 0.3 is 5.37 Å². The van der Waals surface area contributed by atoms with E-state index in [4.69, 9.17) is 16.3 Å². The fourth-order valence-electron chi connectivity index (χ4n) is 1.01. The molecule has 10 heavy (non-hydrogen) atoms. The highest BCUT2D eigenvalue weighted by Crippen LogP contribution is 2.24. The van der Waals surface area contributed by atoms with E-state index in [0.29, 0.717) is 13.1 Å². The first-order chi connectivity index (χ1) is 4.57. The molecule has 1 fully saturated rings. The molecule has 1 amide bonds. The molecule has 1 aliphatic rings. The van der Waals surface area contributed by atoms with Gasteiger partial charge < -0.3 is 9.64 Å². The average Bonchev–Trinajstić information content (AvgIpc) is 1.80. The van der Waals surface area contributed by atoms with Gasteiger partial charge in [-0.05, 0) is 18.5 Å². The van der Waals surface area contributed by atoms with E-state index in [1.807, 2.05) is 6.92 Å². The second-order valence-corrected chi connectivity index (χ2v) is 3.09. The maximum absolute atomic E-state index is 10.5. The molecule has 1 saturated heterocycles. The summed E-state index contributed by atoms with van der Waals surface area (Å²) in [6.45, 7) is 3.15. The number of methoxy groups -OCH3 is 1. The number of likely N-dealkylation sites (tertiary alicyclic amines) is 1. The van der Waals surface area contributed by atoms with E-state index in [-0.39, 0.29) is 5.60 Å². The number of rotatable bonds is 1. The highest BCUT2D eigenvalue weighted by Gasteiger charge is 2.40. The second-order valence-electron chi connectivity index (χ2n) is 2.76. The number of carbonyl (C=O) groups excluding carboxylic acids is 1. The van der Waals surface area contributed by atoms with Gasteiger partial charge in [0.05, 0.1) is 13.1 Å². The highest BCUT2D eigenvalue weighted by molar-refractivity contribution is 6.62. The number of hydrogen-bond acceptors (Lipinski definition) is 2. The zero-order valence-electron chi connectivity index (χ0n) is 6.06. The van der Waals surface area contributed by atoms with Gasteiger partial charge in [0.1, 0.15) is 5.60 Å². The molecule has 1 aliphatic heterocycles. The Balaban J connectivity index is 2.36. The normalized spacial score (nSPS) is 22.1. The summed E-state index contributed by atoms with van der Waals surface area (Å²) in [6, 6.07) is 0. The number of nitrogens with zero attached hydrogens (tertiary/aromatic N) is 1. The van der Waals surface area contributed by atoms with E-state index in [9.17, 15) is 4.79 Å². The molecule has 0 saturated carbocycles. The lowest BCUT2D eigenvalue weighted by atomic mass is 9.98. The van der Waals surface area contributed by atoms with Crippen LogP contribution in [-0.4, -0.2) is 36.1 Å². The lowest BCUT2D eigenvalue weighted by Crippen LogP contribution is -2.61. The predicted molar refractivity (Wildman–Crippen MR) is 38.2 cm³/mol. The molecule has 58 valence electrons. The van der Waals surface area contributed by atoms with Crippen molar-refractivity contribution < 1.29 is 9.53 Å². The molecule has 4 heteroatoms. The van der Waals surface area contributed by atoms with Crippen LogP contribution in [0.1, 0.15) is 6.92 Å². The first-order valence-corrected chi connectivity index (χ1v) is 3.45. The molecule has 3 nitrogen and oxygen atoms in total. The lowest BCUT2D eigenvalue weighted by molar-refractivity contribution is -0.0874. The molecular weight excluding hydrogens is 154 g/mol. The Morgan fingerprint density at radius 3 is 2.50 bits per heavy atom. The summed E-state index contributed by atoms with van der Waals surface area (Å²) in [7, 11) is 1.63. The van der Waals surface area contributed by atoms with Crippen molar-refractivity contribution in [3.63, 3.8) is 0 Å². The summed E-state index contributed by atoms with van der Waals surface area (Å²) >= 11 is 5.20. The minimum absolute atomic E-state index is 0.162. The van der Waals surface area contributed by atoms with Crippen LogP contribution in [0.5, 0.6) is 0 Å². The topological polar surface area (TPSA) is 29.5 Å². The standard InChI is InChI=1S/C6H10ClNO2/c1-6(10-2)3-8(4-6)5(7)9/h3-4H2,1-2H3. The number of hydrogen-bond donors (Lipinski definition) is 0. The van der Waals surface area contributed by atoms with Crippen LogP contribution < -0.4 is 0 Å². The Morgan fingerprint density at radius 2 is 2.20 bits per heavy atom. The Hall–Kier alpha value is -0.280. The highest BCUT2D eigenvalue weighted by atomic mass is 35.5. The average molecular weight is 164 g/mol. The summed E-state index contributed by atoms with van der Waals surface area (Å²) in [6.07, 6.45) is 0. The van der Waals surface area contributed by atoms with E-state index < -0.39 is 5.37 Å². The molecular formula is C6H10ClNO2. The van der Waals surface area contributed by atoms with Crippen molar-refractivity contribution in [1.82, 2.24) is 4.90 Å². The van der Waals surface area contributed by atoms with Gasteiger partial charge in [0.15, 0.2) is 0 Å². The molecule has 0 aromatic heterocycles. The van der Waals surface area contributed by atoms with E-state index >= 15 is 0 Å². The minimum Gasteiger partial charge on any atom is -0.375 e. The smallest absolute Gasteiger partial charge is 0.316 e. The summed E-state index contributed by atoms with van der Waals surface area (Å²) in [5, 5.41) is -0.394. The van der Waals surface area contributed by atoms with Crippen LogP contribution in [-0.2, 0) is 4.74 Å². The molecule has 0 aliphatic carbocycles. The third-order valence-corrected chi connectivity index (χ3v) is 2.03. The molecule has 0 atom stereocenters. The first kappa shape index (κ1) is 7.82. The molecule has 0 unspecified atom stereocenters. The third kappa shape index (κ3) is 1.25. The molecule has 0 N–H and O–H groups in total. The minimum atomic E-state index is -0.394. The van der Waals surface area contributed by atoms with Crippen molar-refractivity contribution in [3.05, 3.63) is 0 Å². The van der Waals surface area contributed by atoms with Crippen LogP contribution in [0.25, 0.3) is 0 Å². The largest absolute Gasteiger partial charge is 0.375 e. The fraction of sp³-hybridized carbons (Fsp3) is 0.833. The maximum Gasteiger partial charge on any atom is 0.316 e. The van der Waals surface area contributed by atoms with Gasteiger partial charge in [0.25, 0.3) is 0 Å². The monoisotopic (exact) mass is 163 g/mol. The van der Waals surface area contributed by atoms with Gasteiger partial charge in [0, 0.05) is 7.11 Å². The van der Waals surface area contributed by atoms with Crippen LogP contribution in [0.4, 0.5) is 4.79 Å². The summed E-state index contributed by atoms with van der Waals surface area (Å²) < 4.78 is 5.10. The van der Waals surface area contributed by atoms with Crippen LogP contribution in [0.2, 0.25) is 0 Å². The van der Waals surface area contributed by atoms with Gasteiger partial charge in [0.2, 0.25) is 0 Å². The fourth-order valence-corrected chi connectivity index (χ4v) is 1.13.